The Morgan fingerprint density at radius 1 is 1.03 bits per heavy atom. The van der Waals surface area contributed by atoms with Gasteiger partial charge in [-0.05, 0) is 32.1 Å². The highest BCUT2D eigenvalue weighted by Crippen LogP contribution is 2.33. The maximum atomic E-state index is 12.0. The van der Waals surface area contributed by atoms with Crippen LogP contribution in [-0.4, -0.2) is 98.8 Å². The standard InChI is InChI=1S/C20H32N4O8S/c25-15(7-2-1-6-14-18-12(11-33-14)22-20(32)23-18)21-8-4-3-5-13(19(30)31)24(9-16(26)27)10-17(28)29/h12-14,18H,1-11H2,(H,21,25)(H,26,27)(H,28,29)(H,30,31)(H2,22,23,32)/t12-,13?,14-,18-/m0/s1. The molecule has 33 heavy (non-hydrogen) atoms. The van der Waals surface area contributed by atoms with Crippen molar-refractivity contribution in [3.8, 4) is 0 Å². The van der Waals surface area contributed by atoms with Crippen molar-refractivity contribution >= 4 is 41.6 Å². The topological polar surface area (TPSA) is 185 Å². The highest BCUT2D eigenvalue weighted by atomic mass is 32.2. The molecule has 0 aromatic heterocycles. The van der Waals surface area contributed by atoms with Crippen LogP contribution in [0.5, 0.6) is 0 Å². The fourth-order valence-corrected chi connectivity index (χ4v) is 5.68. The lowest BCUT2D eigenvalue weighted by atomic mass is 10.0. The summed E-state index contributed by atoms with van der Waals surface area (Å²) in [6.45, 7) is -0.990. The lowest BCUT2D eigenvalue weighted by molar-refractivity contribution is -0.149. The van der Waals surface area contributed by atoms with Gasteiger partial charge in [0.1, 0.15) is 6.04 Å². The van der Waals surface area contributed by atoms with Crippen LogP contribution in [0, 0.1) is 0 Å². The van der Waals surface area contributed by atoms with Crippen LogP contribution in [-0.2, 0) is 19.2 Å². The second kappa shape index (κ2) is 13.2. The maximum Gasteiger partial charge on any atom is 0.320 e. The van der Waals surface area contributed by atoms with E-state index in [9.17, 15) is 29.1 Å². The SMILES string of the molecule is O=C(O)CN(CC(=O)O)C(CCCCNC(=O)CCCC[C@@H]1SC[C@@H]2NC(=O)N[C@@H]21)C(=O)O. The Morgan fingerprint density at radius 3 is 2.36 bits per heavy atom. The molecule has 0 aromatic rings. The number of rotatable bonds is 16. The van der Waals surface area contributed by atoms with E-state index in [-0.39, 0.29) is 30.4 Å². The molecule has 3 amide bonds. The number of amides is 3. The van der Waals surface area contributed by atoms with Gasteiger partial charge < -0.3 is 31.3 Å². The molecule has 0 radical (unpaired) electrons. The Hall–Kier alpha value is -2.54. The van der Waals surface area contributed by atoms with E-state index in [0.29, 0.717) is 31.1 Å². The summed E-state index contributed by atoms with van der Waals surface area (Å²) in [5.41, 5.74) is 0. The first kappa shape index (κ1) is 26.7. The molecule has 2 rings (SSSR count). The van der Waals surface area contributed by atoms with Gasteiger partial charge in [-0.2, -0.15) is 11.8 Å². The Labute approximate surface area is 195 Å². The summed E-state index contributed by atoms with van der Waals surface area (Å²) in [6.07, 6.45) is 3.92. The van der Waals surface area contributed by atoms with Crippen molar-refractivity contribution in [2.45, 2.75) is 68.3 Å². The van der Waals surface area contributed by atoms with Crippen LogP contribution < -0.4 is 16.0 Å². The van der Waals surface area contributed by atoms with Crippen molar-refractivity contribution in [3.63, 3.8) is 0 Å². The molecule has 2 aliphatic rings. The minimum atomic E-state index is -1.30. The molecule has 0 bridgehead atoms. The Morgan fingerprint density at radius 2 is 1.73 bits per heavy atom. The predicted octanol–water partition coefficient (Wildman–Crippen LogP) is -0.0769. The van der Waals surface area contributed by atoms with Gasteiger partial charge in [0, 0.05) is 24.0 Å². The summed E-state index contributed by atoms with van der Waals surface area (Å²) in [4.78, 5) is 57.6. The van der Waals surface area contributed by atoms with Crippen molar-refractivity contribution in [1.29, 1.82) is 0 Å². The van der Waals surface area contributed by atoms with Crippen molar-refractivity contribution in [1.82, 2.24) is 20.9 Å². The fraction of sp³-hybridized carbons (Fsp3) is 0.750. The Kier molecular flexibility index (Phi) is 10.7. The molecule has 186 valence electrons. The smallest absolute Gasteiger partial charge is 0.320 e. The first-order chi connectivity index (χ1) is 15.7. The second-order valence-electron chi connectivity index (χ2n) is 8.26. The molecule has 0 aliphatic carbocycles. The van der Waals surface area contributed by atoms with Gasteiger partial charge in [0.05, 0.1) is 25.2 Å². The zero-order chi connectivity index (χ0) is 24.4. The highest BCUT2D eigenvalue weighted by Gasteiger charge is 2.42. The van der Waals surface area contributed by atoms with Gasteiger partial charge >= 0.3 is 23.9 Å². The molecule has 6 N–H and O–H groups in total. The number of aliphatic carboxylic acids is 3. The Bertz CT molecular complexity index is 721. The fourth-order valence-electron chi connectivity index (χ4n) is 4.14. The molecule has 2 aliphatic heterocycles. The van der Waals surface area contributed by atoms with Gasteiger partial charge in [0.25, 0.3) is 0 Å². The third-order valence-corrected chi connectivity index (χ3v) is 7.22. The zero-order valence-corrected chi connectivity index (χ0v) is 19.1. The molecule has 13 heteroatoms. The van der Waals surface area contributed by atoms with Crippen LogP contribution >= 0.6 is 11.8 Å². The quantitative estimate of drug-likeness (QED) is 0.127. The monoisotopic (exact) mass is 488 g/mol. The third kappa shape index (κ3) is 9.08. The number of carbonyl (C=O) groups excluding carboxylic acids is 2. The second-order valence-corrected chi connectivity index (χ2v) is 9.53. The number of hydrogen-bond donors (Lipinski definition) is 6. The minimum absolute atomic E-state index is 0.0817. The van der Waals surface area contributed by atoms with E-state index in [1.165, 1.54) is 0 Å². The summed E-state index contributed by atoms with van der Waals surface area (Å²) in [6, 6.07) is -0.980. The van der Waals surface area contributed by atoms with Crippen LogP contribution in [0.4, 0.5) is 4.79 Å². The number of fused-ring (bicyclic) bond motifs is 1. The third-order valence-electron chi connectivity index (χ3n) is 5.71. The number of nitrogens with zero attached hydrogens (tertiary/aromatic N) is 1. The number of carboxylic acid groups (broad SMARTS) is 3. The van der Waals surface area contributed by atoms with Crippen molar-refractivity contribution < 1.29 is 39.3 Å². The van der Waals surface area contributed by atoms with Crippen molar-refractivity contribution in [2.24, 2.45) is 0 Å². The first-order valence-corrected chi connectivity index (χ1v) is 12.1. The molecule has 0 aromatic carbocycles. The van der Waals surface area contributed by atoms with Gasteiger partial charge in [0.2, 0.25) is 5.91 Å². The molecule has 2 saturated heterocycles. The lowest BCUT2D eigenvalue weighted by Crippen LogP contribution is -2.46. The molecule has 0 saturated carbocycles. The molecule has 4 atom stereocenters. The van der Waals surface area contributed by atoms with Gasteiger partial charge in [-0.15, -0.1) is 0 Å². The molecule has 0 spiro atoms. The molecule has 12 nitrogen and oxygen atoms in total. The van der Waals surface area contributed by atoms with Crippen LogP contribution in [0.1, 0.15) is 44.9 Å². The zero-order valence-electron chi connectivity index (χ0n) is 18.3. The summed E-state index contributed by atoms with van der Waals surface area (Å²) < 4.78 is 0. The molecule has 1 unspecified atom stereocenters. The summed E-state index contributed by atoms with van der Waals surface area (Å²) >= 11 is 1.84. The number of urea groups is 1. The van der Waals surface area contributed by atoms with Crippen LogP contribution in [0.3, 0.4) is 0 Å². The maximum absolute atomic E-state index is 12.0. The minimum Gasteiger partial charge on any atom is -0.480 e. The number of thioether (sulfide) groups is 1. The average molecular weight is 489 g/mol. The normalized spacial score (nSPS) is 22.3. The number of carbonyl (C=O) groups is 5. The number of hydrogen-bond acceptors (Lipinski definition) is 7. The summed E-state index contributed by atoms with van der Waals surface area (Å²) in [5.74, 6) is -3.06. The summed E-state index contributed by atoms with van der Waals surface area (Å²) in [5, 5.41) is 36.2. The molecule has 2 heterocycles. The van der Waals surface area contributed by atoms with E-state index in [1.54, 1.807) is 0 Å². The average Bonchev–Trinajstić information content (AvgIpc) is 3.25. The number of unbranched alkanes of at least 4 members (excludes halogenated alkanes) is 2. The van der Waals surface area contributed by atoms with Crippen LogP contribution in [0.25, 0.3) is 0 Å². The molecular weight excluding hydrogens is 456 g/mol. The van der Waals surface area contributed by atoms with E-state index >= 15 is 0 Å². The van der Waals surface area contributed by atoms with Gasteiger partial charge in [-0.1, -0.05) is 6.42 Å². The Balaban J connectivity index is 1.58. The van der Waals surface area contributed by atoms with E-state index in [1.807, 2.05) is 11.8 Å². The van der Waals surface area contributed by atoms with Crippen molar-refractivity contribution in [2.75, 3.05) is 25.4 Å². The van der Waals surface area contributed by atoms with E-state index in [2.05, 4.69) is 16.0 Å². The lowest BCUT2D eigenvalue weighted by Gasteiger charge is -2.25. The van der Waals surface area contributed by atoms with E-state index < -0.39 is 37.0 Å². The van der Waals surface area contributed by atoms with Crippen molar-refractivity contribution in [3.05, 3.63) is 0 Å². The molecule has 2 fully saturated rings. The molecular formula is C20H32N4O8S. The first-order valence-electron chi connectivity index (χ1n) is 11.0. The number of carboxylic acids is 3. The predicted molar refractivity (Wildman–Crippen MR) is 119 cm³/mol. The number of nitrogens with one attached hydrogen (secondary N) is 3. The highest BCUT2D eigenvalue weighted by molar-refractivity contribution is 8.00. The van der Waals surface area contributed by atoms with E-state index in [0.717, 1.165) is 29.9 Å². The summed E-state index contributed by atoms with van der Waals surface area (Å²) in [7, 11) is 0. The van der Waals surface area contributed by atoms with Crippen LogP contribution in [0.15, 0.2) is 0 Å². The van der Waals surface area contributed by atoms with Gasteiger partial charge in [-0.25, -0.2) is 4.79 Å². The van der Waals surface area contributed by atoms with E-state index in [4.69, 9.17) is 10.2 Å². The van der Waals surface area contributed by atoms with Crippen LogP contribution in [0.2, 0.25) is 0 Å². The van der Waals surface area contributed by atoms with Gasteiger partial charge in [-0.3, -0.25) is 24.1 Å². The largest absolute Gasteiger partial charge is 0.480 e. The van der Waals surface area contributed by atoms with Gasteiger partial charge in [0.15, 0.2) is 0 Å².